The zero-order valence-corrected chi connectivity index (χ0v) is 16.3. The van der Waals surface area contributed by atoms with Crippen LogP contribution in [0.3, 0.4) is 0 Å². The number of furan rings is 1. The summed E-state index contributed by atoms with van der Waals surface area (Å²) in [5.41, 5.74) is 0.290. The fourth-order valence-corrected chi connectivity index (χ4v) is 3.63. The SMILES string of the molecule is Cc1ccc(CN(C)C(=O)COC(=O)c2sc3ncn(C)c(=O)c3c2C)o1. The Labute approximate surface area is 159 Å². The first-order valence-corrected chi connectivity index (χ1v) is 9.00. The van der Waals surface area contributed by atoms with Crippen molar-refractivity contribution in [3.8, 4) is 0 Å². The predicted octanol–water partition coefficient (Wildman–Crippen LogP) is 2.02. The largest absolute Gasteiger partial charge is 0.464 e. The van der Waals surface area contributed by atoms with E-state index in [9.17, 15) is 14.4 Å². The van der Waals surface area contributed by atoms with Crippen molar-refractivity contribution in [1.29, 1.82) is 0 Å². The maximum Gasteiger partial charge on any atom is 0.349 e. The Kier molecular flexibility index (Phi) is 5.13. The van der Waals surface area contributed by atoms with Gasteiger partial charge in [0.1, 0.15) is 21.2 Å². The van der Waals surface area contributed by atoms with Gasteiger partial charge in [-0.3, -0.25) is 9.59 Å². The van der Waals surface area contributed by atoms with E-state index < -0.39 is 12.6 Å². The Balaban J connectivity index is 1.68. The highest BCUT2D eigenvalue weighted by molar-refractivity contribution is 7.20. The molecule has 8 nitrogen and oxygen atoms in total. The third kappa shape index (κ3) is 3.77. The first-order chi connectivity index (χ1) is 12.8. The molecule has 3 rings (SSSR count). The number of fused-ring (bicyclic) bond motifs is 1. The lowest BCUT2D eigenvalue weighted by Gasteiger charge is -2.15. The number of nitrogens with zero attached hydrogens (tertiary/aromatic N) is 3. The summed E-state index contributed by atoms with van der Waals surface area (Å²) < 4.78 is 11.9. The van der Waals surface area contributed by atoms with Crippen LogP contribution in [0.1, 0.15) is 26.8 Å². The first kappa shape index (κ1) is 18.8. The van der Waals surface area contributed by atoms with Gasteiger partial charge in [-0.25, -0.2) is 9.78 Å². The summed E-state index contributed by atoms with van der Waals surface area (Å²) in [4.78, 5) is 43.1. The molecule has 3 aromatic heterocycles. The maximum atomic E-state index is 12.4. The molecule has 9 heteroatoms. The van der Waals surface area contributed by atoms with Crippen LogP contribution in [-0.2, 0) is 23.1 Å². The van der Waals surface area contributed by atoms with Gasteiger partial charge in [-0.05, 0) is 31.5 Å². The molecule has 3 heterocycles. The fraction of sp³-hybridized carbons (Fsp3) is 0.333. The van der Waals surface area contributed by atoms with Gasteiger partial charge in [-0.1, -0.05) is 0 Å². The van der Waals surface area contributed by atoms with E-state index in [1.165, 1.54) is 15.8 Å². The molecular formula is C18H19N3O5S. The molecule has 27 heavy (non-hydrogen) atoms. The number of aryl methyl sites for hydroxylation is 3. The van der Waals surface area contributed by atoms with E-state index in [0.717, 1.165) is 17.1 Å². The molecule has 0 fully saturated rings. The molecule has 0 radical (unpaired) electrons. The summed E-state index contributed by atoms with van der Waals surface area (Å²) >= 11 is 1.08. The first-order valence-electron chi connectivity index (χ1n) is 8.19. The molecule has 0 bridgehead atoms. The normalized spacial score (nSPS) is 11.0. The Morgan fingerprint density at radius 1 is 1.33 bits per heavy atom. The number of thiophene rings is 1. The Bertz CT molecular complexity index is 1080. The number of likely N-dealkylation sites (N-methyl/N-ethyl adjacent to an activating group) is 1. The third-order valence-corrected chi connectivity index (χ3v) is 5.32. The van der Waals surface area contributed by atoms with E-state index in [0.29, 0.717) is 21.5 Å². The van der Waals surface area contributed by atoms with E-state index in [2.05, 4.69) is 4.98 Å². The van der Waals surface area contributed by atoms with Crippen molar-refractivity contribution in [3.05, 3.63) is 50.8 Å². The zero-order chi connectivity index (χ0) is 19.7. The van der Waals surface area contributed by atoms with Crippen LogP contribution in [0.5, 0.6) is 0 Å². The van der Waals surface area contributed by atoms with Crippen LogP contribution < -0.4 is 5.56 Å². The summed E-state index contributed by atoms with van der Waals surface area (Å²) in [5.74, 6) is 0.410. The van der Waals surface area contributed by atoms with Crippen LogP contribution >= 0.6 is 11.3 Å². The number of carbonyl (C=O) groups is 2. The van der Waals surface area contributed by atoms with Crippen molar-refractivity contribution < 1.29 is 18.7 Å². The molecule has 0 spiro atoms. The second-order valence-corrected chi connectivity index (χ2v) is 7.23. The van der Waals surface area contributed by atoms with E-state index in [1.54, 1.807) is 27.1 Å². The van der Waals surface area contributed by atoms with Crippen molar-refractivity contribution in [2.24, 2.45) is 7.05 Å². The molecule has 0 aliphatic heterocycles. The molecule has 3 aromatic rings. The molecule has 1 amide bonds. The number of hydrogen-bond donors (Lipinski definition) is 0. The molecule has 0 N–H and O–H groups in total. The van der Waals surface area contributed by atoms with Gasteiger partial charge in [-0.15, -0.1) is 11.3 Å². The van der Waals surface area contributed by atoms with Gasteiger partial charge in [0, 0.05) is 14.1 Å². The van der Waals surface area contributed by atoms with Gasteiger partial charge in [-0.2, -0.15) is 0 Å². The molecule has 0 saturated carbocycles. The second-order valence-electron chi connectivity index (χ2n) is 6.24. The standard InChI is InChI=1S/C18H19N3O5S/c1-10-5-6-12(26-10)7-20(3)13(22)8-25-18(24)15-11(2)14-16(27-15)19-9-21(4)17(14)23/h5-6,9H,7-8H2,1-4H3. The van der Waals surface area contributed by atoms with Gasteiger partial charge >= 0.3 is 5.97 Å². The third-order valence-electron chi connectivity index (χ3n) is 4.14. The van der Waals surface area contributed by atoms with Crippen LogP contribution in [0, 0.1) is 13.8 Å². The number of carbonyl (C=O) groups excluding carboxylic acids is 2. The topological polar surface area (TPSA) is 94.6 Å². The zero-order valence-electron chi connectivity index (χ0n) is 15.4. The van der Waals surface area contributed by atoms with Crippen molar-refractivity contribution in [1.82, 2.24) is 14.5 Å². The minimum absolute atomic E-state index is 0.225. The van der Waals surface area contributed by atoms with Crippen LogP contribution in [0.15, 0.2) is 27.7 Å². The Morgan fingerprint density at radius 3 is 2.74 bits per heavy atom. The summed E-state index contributed by atoms with van der Waals surface area (Å²) in [6.45, 7) is 3.38. The lowest BCUT2D eigenvalue weighted by atomic mass is 10.2. The monoisotopic (exact) mass is 389 g/mol. The fourth-order valence-electron chi connectivity index (χ4n) is 2.60. The molecule has 0 aliphatic rings. The molecule has 0 saturated heterocycles. The van der Waals surface area contributed by atoms with Crippen molar-refractivity contribution in [2.75, 3.05) is 13.7 Å². The van der Waals surface area contributed by atoms with E-state index in [4.69, 9.17) is 9.15 Å². The minimum atomic E-state index is -0.645. The van der Waals surface area contributed by atoms with Gasteiger partial charge in [0.2, 0.25) is 0 Å². The van der Waals surface area contributed by atoms with E-state index in [1.807, 2.05) is 13.0 Å². The molecule has 0 unspecified atom stereocenters. The second kappa shape index (κ2) is 7.36. The lowest BCUT2D eigenvalue weighted by molar-refractivity contribution is -0.133. The highest BCUT2D eigenvalue weighted by Gasteiger charge is 2.21. The minimum Gasteiger partial charge on any atom is -0.464 e. The number of rotatable bonds is 5. The van der Waals surface area contributed by atoms with Gasteiger partial charge < -0.3 is 18.6 Å². The number of amides is 1. The molecule has 142 valence electrons. The average molecular weight is 389 g/mol. The molecule has 0 aromatic carbocycles. The number of aromatic nitrogens is 2. The number of ether oxygens (including phenoxy) is 1. The Morgan fingerprint density at radius 2 is 2.07 bits per heavy atom. The summed E-state index contributed by atoms with van der Waals surface area (Å²) in [7, 11) is 3.20. The van der Waals surface area contributed by atoms with Crippen LogP contribution in [-0.4, -0.2) is 40.0 Å². The lowest BCUT2D eigenvalue weighted by Crippen LogP contribution is -2.30. The summed E-state index contributed by atoms with van der Waals surface area (Å²) in [6.07, 6.45) is 1.41. The highest BCUT2D eigenvalue weighted by Crippen LogP contribution is 2.27. The molecule has 0 atom stereocenters. The maximum absolute atomic E-state index is 12.4. The highest BCUT2D eigenvalue weighted by atomic mass is 32.1. The molecular weight excluding hydrogens is 370 g/mol. The predicted molar refractivity (Wildman–Crippen MR) is 99.8 cm³/mol. The number of hydrogen-bond acceptors (Lipinski definition) is 7. The van der Waals surface area contributed by atoms with Crippen molar-refractivity contribution >= 4 is 33.4 Å². The Hall–Kier alpha value is -2.94. The van der Waals surface area contributed by atoms with Crippen molar-refractivity contribution in [3.63, 3.8) is 0 Å². The van der Waals surface area contributed by atoms with Crippen molar-refractivity contribution in [2.45, 2.75) is 20.4 Å². The quantitative estimate of drug-likeness (QED) is 0.620. The van der Waals surface area contributed by atoms with Crippen LogP contribution in [0.2, 0.25) is 0 Å². The number of esters is 1. The summed E-state index contributed by atoms with van der Waals surface area (Å²) in [6, 6.07) is 3.61. The van der Waals surface area contributed by atoms with E-state index >= 15 is 0 Å². The van der Waals surface area contributed by atoms with Gasteiger partial charge in [0.15, 0.2) is 6.61 Å². The average Bonchev–Trinajstić information content (AvgIpc) is 3.19. The van der Waals surface area contributed by atoms with Crippen LogP contribution in [0.4, 0.5) is 0 Å². The van der Waals surface area contributed by atoms with Gasteiger partial charge in [0.25, 0.3) is 11.5 Å². The summed E-state index contributed by atoms with van der Waals surface area (Å²) in [5, 5.41) is 0.397. The van der Waals surface area contributed by atoms with E-state index in [-0.39, 0.29) is 22.9 Å². The smallest absolute Gasteiger partial charge is 0.349 e. The van der Waals surface area contributed by atoms with Crippen LogP contribution in [0.25, 0.3) is 10.2 Å². The molecule has 0 aliphatic carbocycles. The van der Waals surface area contributed by atoms with Gasteiger partial charge in [0.05, 0.1) is 18.3 Å².